The maximum atomic E-state index is 13.1. The number of carbonyl (C=O) groups is 1. The van der Waals surface area contributed by atoms with E-state index in [9.17, 15) is 18.0 Å². The summed E-state index contributed by atoms with van der Waals surface area (Å²) in [4.78, 5) is 12.6. The van der Waals surface area contributed by atoms with Gasteiger partial charge in [0.05, 0.1) is 8.67 Å². The van der Waals surface area contributed by atoms with Crippen LogP contribution in [-0.2, 0) is 4.79 Å². The van der Waals surface area contributed by atoms with Gasteiger partial charge in [-0.3, -0.25) is 9.69 Å². The first-order valence-corrected chi connectivity index (χ1v) is 7.64. The van der Waals surface area contributed by atoms with Gasteiger partial charge in [0.25, 0.3) is 0 Å². The predicted molar refractivity (Wildman–Crippen MR) is 75.1 cm³/mol. The van der Waals surface area contributed by atoms with Crippen LogP contribution < -0.4 is 0 Å². The van der Waals surface area contributed by atoms with Crippen molar-refractivity contribution in [1.29, 1.82) is 0 Å². The minimum Gasteiger partial charge on any atom is -0.481 e. The zero-order valence-electron chi connectivity index (χ0n) is 10.9. The van der Waals surface area contributed by atoms with Gasteiger partial charge in [-0.05, 0) is 19.4 Å². The normalized spacial score (nSPS) is 25.2. The van der Waals surface area contributed by atoms with Crippen LogP contribution in [0.1, 0.15) is 24.9 Å². The standard InChI is InChI=1S/C12H12Cl2F3NO2S/c1-6(7-4-8(13)21-9(7)14)18-3-2-11(5-18,10(19)20)12(15,16)17/h4,6H,2-3,5H2,1H3,(H,19,20). The molecular formula is C12H12Cl2F3NO2S. The SMILES string of the molecule is CC(c1cc(Cl)sc1Cl)N1CCC(C(=O)O)(C(F)(F)F)C1. The minimum atomic E-state index is -4.79. The number of carboxylic acids is 1. The zero-order chi connectivity index (χ0) is 16.0. The van der Waals surface area contributed by atoms with Crippen molar-refractivity contribution >= 4 is 40.5 Å². The molecule has 0 aromatic carbocycles. The lowest BCUT2D eigenvalue weighted by Crippen LogP contribution is -2.47. The quantitative estimate of drug-likeness (QED) is 0.864. The molecule has 21 heavy (non-hydrogen) atoms. The molecule has 1 saturated heterocycles. The Morgan fingerprint density at radius 1 is 1.52 bits per heavy atom. The summed E-state index contributed by atoms with van der Waals surface area (Å²) in [7, 11) is 0. The molecule has 2 heterocycles. The lowest BCUT2D eigenvalue weighted by Gasteiger charge is -2.29. The Hall–Kier alpha value is -0.500. The van der Waals surface area contributed by atoms with E-state index in [1.54, 1.807) is 13.0 Å². The third-order valence-corrected chi connectivity index (χ3v) is 5.45. The van der Waals surface area contributed by atoms with Crippen molar-refractivity contribution in [3.05, 3.63) is 20.3 Å². The fraction of sp³-hybridized carbons (Fsp3) is 0.583. The number of hydrogen-bond acceptors (Lipinski definition) is 3. The van der Waals surface area contributed by atoms with E-state index in [2.05, 4.69) is 0 Å². The summed E-state index contributed by atoms with van der Waals surface area (Å²) in [5.41, 5.74) is -2.09. The van der Waals surface area contributed by atoms with E-state index in [1.165, 1.54) is 4.90 Å². The number of halogens is 5. The Bertz CT molecular complexity index is 563. The minimum absolute atomic E-state index is 0.0385. The Labute approximate surface area is 133 Å². The summed E-state index contributed by atoms with van der Waals surface area (Å²) < 4.78 is 40.3. The van der Waals surface area contributed by atoms with Crippen LogP contribution in [0.2, 0.25) is 8.67 Å². The highest BCUT2D eigenvalue weighted by molar-refractivity contribution is 7.20. The van der Waals surface area contributed by atoms with Gasteiger partial charge in [0.15, 0.2) is 5.41 Å². The fourth-order valence-electron chi connectivity index (χ4n) is 2.53. The second-order valence-corrected chi connectivity index (χ2v) is 7.35. The van der Waals surface area contributed by atoms with E-state index in [-0.39, 0.29) is 6.54 Å². The molecule has 3 nitrogen and oxygen atoms in total. The first-order valence-electron chi connectivity index (χ1n) is 6.07. The van der Waals surface area contributed by atoms with Gasteiger partial charge in [-0.2, -0.15) is 13.2 Å². The van der Waals surface area contributed by atoms with Crippen molar-refractivity contribution in [2.24, 2.45) is 5.41 Å². The molecule has 0 bridgehead atoms. The van der Waals surface area contributed by atoms with Crippen LogP contribution in [0.4, 0.5) is 13.2 Å². The summed E-state index contributed by atoms with van der Waals surface area (Å²) >= 11 is 13.0. The molecule has 0 spiro atoms. The molecule has 1 fully saturated rings. The van der Waals surface area contributed by atoms with Crippen LogP contribution in [0.25, 0.3) is 0 Å². The van der Waals surface area contributed by atoms with Gasteiger partial charge >= 0.3 is 12.1 Å². The van der Waals surface area contributed by atoms with Crippen molar-refractivity contribution in [2.45, 2.75) is 25.6 Å². The maximum Gasteiger partial charge on any atom is 0.406 e. The molecule has 0 radical (unpaired) electrons. The second kappa shape index (κ2) is 5.61. The number of nitrogens with zero attached hydrogens (tertiary/aromatic N) is 1. The molecule has 1 aliphatic rings. The van der Waals surface area contributed by atoms with Crippen LogP contribution in [0.5, 0.6) is 0 Å². The lowest BCUT2D eigenvalue weighted by molar-refractivity contribution is -0.227. The monoisotopic (exact) mass is 361 g/mol. The van der Waals surface area contributed by atoms with E-state index in [0.29, 0.717) is 14.2 Å². The predicted octanol–water partition coefficient (Wildman–Crippen LogP) is 4.45. The highest BCUT2D eigenvalue weighted by atomic mass is 35.5. The average molecular weight is 362 g/mol. The zero-order valence-corrected chi connectivity index (χ0v) is 13.2. The third kappa shape index (κ3) is 2.88. The van der Waals surface area contributed by atoms with Crippen molar-refractivity contribution < 1.29 is 23.1 Å². The van der Waals surface area contributed by atoms with E-state index >= 15 is 0 Å². The van der Waals surface area contributed by atoms with Crippen molar-refractivity contribution in [2.75, 3.05) is 13.1 Å². The van der Waals surface area contributed by atoms with E-state index < -0.39 is 36.6 Å². The smallest absolute Gasteiger partial charge is 0.406 e. The molecule has 1 aromatic rings. The van der Waals surface area contributed by atoms with Crippen LogP contribution in [0.3, 0.4) is 0 Å². The average Bonchev–Trinajstić information content (AvgIpc) is 2.92. The summed E-state index contributed by atoms with van der Waals surface area (Å²) in [5.74, 6) is -1.83. The van der Waals surface area contributed by atoms with Gasteiger partial charge in [-0.1, -0.05) is 23.2 Å². The van der Waals surface area contributed by atoms with Crippen LogP contribution in [-0.4, -0.2) is 35.2 Å². The van der Waals surface area contributed by atoms with Crippen molar-refractivity contribution in [3.8, 4) is 0 Å². The summed E-state index contributed by atoms with van der Waals surface area (Å²) in [6, 6.07) is 1.18. The van der Waals surface area contributed by atoms with Crippen molar-refractivity contribution in [3.63, 3.8) is 0 Å². The van der Waals surface area contributed by atoms with Crippen LogP contribution >= 0.6 is 34.5 Å². The van der Waals surface area contributed by atoms with Gasteiger partial charge < -0.3 is 5.11 Å². The molecule has 9 heteroatoms. The molecule has 118 valence electrons. The van der Waals surface area contributed by atoms with Crippen molar-refractivity contribution in [1.82, 2.24) is 4.90 Å². The molecule has 2 rings (SSSR count). The molecule has 1 aliphatic heterocycles. The molecule has 2 atom stereocenters. The number of thiophene rings is 1. The molecule has 1 aromatic heterocycles. The number of hydrogen-bond donors (Lipinski definition) is 1. The van der Waals surface area contributed by atoms with Gasteiger partial charge in [-0.25, -0.2) is 0 Å². The van der Waals surface area contributed by atoms with Crippen LogP contribution in [0, 0.1) is 5.41 Å². The van der Waals surface area contributed by atoms with E-state index in [0.717, 1.165) is 11.3 Å². The lowest BCUT2D eigenvalue weighted by atomic mass is 9.86. The molecule has 1 N–H and O–H groups in total. The van der Waals surface area contributed by atoms with E-state index in [1.807, 2.05) is 0 Å². The molecule has 0 amide bonds. The number of alkyl halides is 3. The van der Waals surface area contributed by atoms with Gasteiger partial charge in [-0.15, -0.1) is 11.3 Å². The molecule has 2 unspecified atom stereocenters. The Kier molecular flexibility index (Phi) is 4.50. The highest BCUT2D eigenvalue weighted by Gasteiger charge is 2.63. The maximum absolute atomic E-state index is 13.1. The van der Waals surface area contributed by atoms with Gasteiger partial charge in [0.1, 0.15) is 0 Å². The summed E-state index contributed by atoms with van der Waals surface area (Å²) in [6.45, 7) is 1.14. The summed E-state index contributed by atoms with van der Waals surface area (Å²) in [6.07, 6.45) is -5.25. The molecular weight excluding hydrogens is 350 g/mol. The topological polar surface area (TPSA) is 40.5 Å². The summed E-state index contributed by atoms with van der Waals surface area (Å²) in [5, 5.41) is 9.04. The Balaban J connectivity index is 2.25. The third-order valence-electron chi connectivity index (χ3n) is 3.93. The van der Waals surface area contributed by atoms with Gasteiger partial charge in [0.2, 0.25) is 0 Å². The van der Waals surface area contributed by atoms with Gasteiger partial charge in [0, 0.05) is 24.7 Å². The first-order chi connectivity index (χ1) is 9.58. The fourth-order valence-corrected chi connectivity index (χ4v) is 4.17. The Morgan fingerprint density at radius 2 is 2.14 bits per heavy atom. The van der Waals surface area contributed by atoms with E-state index in [4.69, 9.17) is 28.3 Å². The number of rotatable bonds is 3. The Morgan fingerprint density at radius 3 is 2.52 bits per heavy atom. The molecule has 0 saturated carbocycles. The largest absolute Gasteiger partial charge is 0.481 e. The highest BCUT2D eigenvalue weighted by Crippen LogP contribution is 2.48. The molecule has 0 aliphatic carbocycles. The van der Waals surface area contributed by atoms with Crippen LogP contribution in [0.15, 0.2) is 6.07 Å². The number of carboxylic acid groups (broad SMARTS) is 1. The second-order valence-electron chi connectivity index (χ2n) is 5.06. The number of likely N-dealkylation sites (tertiary alicyclic amines) is 1. The first kappa shape index (κ1) is 16.9. The number of aliphatic carboxylic acids is 1.